The lowest BCUT2D eigenvalue weighted by Crippen LogP contribution is -2.21. The van der Waals surface area contributed by atoms with Gasteiger partial charge >= 0.3 is 0 Å². The molecule has 1 aliphatic carbocycles. The van der Waals surface area contributed by atoms with Crippen LogP contribution in [0.25, 0.3) is 0 Å². The molecule has 2 N–H and O–H groups in total. The fourth-order valence-corrected chi connectivity index (χ4v) is 1.43. The predicted molar refractivity (Wildman–Crippen MR) is 35.1 cm³/mol. The highest BCUT2D eigenvalue weighted by molar-refractivity contribution is 4.70. The summed E-state index contributed by atoms with van der Waals surface area (Å²) in [7, 11) is 0. The molecule has 0 unspecified atom stereocenters. The van der Waals surface area contributed by atoms with E-state index in [0.717, 1.165) is 25.7 Å². The van der Waals surface area contributed by atoms with Gasteiger partial charge in [0.15, 0.2) is 0 Å². The largest absolute Gasteiger partial charge is 0.396 e. The molecule has 0 heterocycles. The Labute approximate surface area is 55.5 Å². The standard InChI is InChI=1S/C7H14O2/c8-5-6-2-1-3-7(9)4-6/h6-9H,1-5H2/t6-,7-/m1/s1. The van der Waals surface area contributed by atoms with Crippen LogP contribution in [0, 0.1) is 5.92 Å². The molecule has 1 fully saturated rings. The topological polar surface area (TPSA) is 40.5 Å². The molecule has 0 aromatic carbocycles. The lowest BCUT2D eigenvalue weighted by molar-refractivity contribution is 0.0757. The number of hydrogen-bond donors (Lipinski definition) is 2. The number of hydrogen-bond acceptors (Lipinski definition) is 2. The van der Waals surface area contributed by atoms with Gasteiger partial charge in [0.2, 0.25) is 0 Å². The van der Waals surface area contributed by atoms with Gasteiger partial charge in [-0.3, -0.25) is 0 Å². The maximum Gasteiger partial charge on any atom is 0.0543 e. The molecule has 54 valence electrons. The van der Waals surface area contributed by atoms with Crippen LogP contribution in [0.2, 0.25) is 0 Å². The van der Waals surface area contributed by atoms with Crippen LogP contribution < -0.4 is 0 Å². The highest BCUT2D eigenvalue weighted by Gasteiger charge is 2.18. The fraction of sp³-hybridized carbons (Fsp3) is 1.00. The van der Waals surface area contributed by atoms with E-state index < -0.39 is 0 Å². The van der Waals surface area contributed by atoms with Crippen LogP contribution in [0.5, 0.6) is 0 Å². The maximum absolute atomic E-state index is 9.10. The van der Waals surface area contributed by atoms with Gasteiger partial charge in [0.05, 0.1) is 6.10 Å². The zero-order valence-corrected chi connectivity index (χ0v) is 5.58. The SMILES string of the molecule is OC[C@@H]1CCC[C@@H](O)C1. The Bertz CT molecular complexity index is 83.0. The third kappa shape index (κ3) is 1.95. The number of aliphatic hydroxyl groups is 2. The molecule has 0 aliphatic heterocycles. The molecular formula is C7H14O2. The average Bonchev–Trinajstić information content (AvgIpc) is 1.88. The molecule has 0 aromatic heterocycles. The summed E-state index contributed by atoms with van der Waals surface area (Å²) >= 11 is 0. The van der Waals surface area contributed by atoms with Crippen molar-refractivity contribution in [2.24, 2.45) is 5.92 Å². The van der Waals surface area contributed by atoms with Gasteiger partial charge in [0, 0.05) is 6.61 Å². The van der Waals surface area contributed by atoms with Crippen LogP contribution in [0.15, 0.2) is 0 Å². The molecule has 1 saturated carbocycles. The Kier molecular flexibility index (Phi) is 2.49. The van der Waals surface area contributed by atoms with Gasteiger partial charge in [-0.15, -0.1) is 0 Å². The lowest BCUT2D eigenvalue weighted by atomic mass is 9.88. The normalized spacial score (nSPS) is 36.7. The predicted octanol–water partition coefficient (Wildman–Crippen LogP) is 0.530. The highest BCUT2D eigenvalue weighted by atomic mass is 16.3. The third-order valence-corrected chi connectivity index (χ3v) is 2.01. The van der Waals surface area contributed by atoms with Crippen LogP contribution >= 0.6 is 0 Å². The Hall–Kier alpha value is -0.0800. The molecule has 0 bridgehead atoms. The Morgan fingerprint density at radius 2 is 2.11 bits per heavy atom. The molecule has 2 nitrogen and oxygen atoms in total. The summed E-state index contributed by atoms with van der Waals surface area (Å²) in [6, 6.07) is 0. The monoisotopic (exact) mass is 130 g/mol. The van der Waals surface area contributed by atoms with Crippen LogP contribution in [-0.4, -0.2) is 22.9 Å². The van der Waals surface area contributed by atoms with E-state index in [2.05, 4.69) is 0 Å². The van der Waals surface area contributed by atoms with Crippen molar-refractivity contribution in [1.82, 2.24) is 0 Å². The molecule has 1 aliphatic rings. The molecule has 0 aromatic rings. The molecule has 2 atom stereocenters. The van der Waals surface area contributed by atoms with Crippen molar-refractivity contribution in [3.63, 3.8) is 0 Å². The first-order valence-electron chi connectivity index (χ1n) is 3.62. The first-order valence-corrected chi connectivity index (χ1v) is 3.62. The summed E-state index contributed by atoms with van der Waals surface area (Å²) in [5.74, 6) is 0.369. The summed E-state index contributed by atoms with van der Waals surface area (Å²) in [6.07, 6.45) is 3.75. The second-order valence-corrected chi connectivity index (χ2v) is 2.87. The molecular weight excluding hydrogens is 116 g/mol. The van der Waals surface area contributed by atoms with Gasteiger partial charge in [-0.25, -0.2) is 0 Å². The molecule has 9 heavy (non-hydrogen) atoms. The van der Waals surface area contributed by atoms with E-state index in [-0.39, 0.29) is 12.7 Å². The Morgan fingerprint density at radius 3 is 2.56 bits per heavy atom. The second-order valence-electron chi connectivity index (χ2n) is 2.87. The first-order chi connectivity index (χ1) is 4.33. The van der Waals surface area contributed by atoms with Crippen molar-refractivity contribution >= 4 is 0 Å². The van der Waals surface area contributed by atoms with Crippen molar-refractivity contribution in [2.45, 2.75) is 31.8 Å². The van der Waals surface area contributed by atoms with Crippen molar-refractivity contribution < 1.29 is 10.2 Å². The van der Waals surface area contributed by atoms with Crippen LogP contribution in [0.4, 0.5) is 0 Å². The summed E-state index contributed by atoms with van der Waals surface area (Å²) in [4.78, 5) is 0. The molecule has 0 saturated heterocycles. The zero-order chi connectivity index (χ0) is 6.69. The quantitative estimate of drug-likeness (QED) is 0.543. The van der Waals surface area contributed by atoms with E-state index in [1.807, 2.05) is 0 Å². The number of rotatable bonds is 1. The van der Waals surface area contributed by atoms with E-state index >= 15 is 0 Å². The highest BCUT2D eigenvalue weighted by Crippen LogP contribution is 2.23. The minimum atomic E-state index is -0.143. The molecule has 0 spiro atoms. The lowest BCUT2D eigenvalue weighted by Gasteiger charge is -2.23. The van der Waals surface area contributed by atoms with Gasteiger partial charge < -0.3 is 10.2 Å². The molecule has 1 rings (SSSR count). The summed E-state index contributed by atoms with van der Waals surface area (Å²) in [5, 5.41) is 17.8. The Balaban J connectivity index is 2.23. The van der Waals surface area contributed by atoms with Crippen LogP contribution in [-0.2, 0) is 0 Å². The van der Waals surface area contributed by atoms with Crippen molar-refractivity contribution in [1.29, 1.82) is 0 Å². The van der Waals surface area contributed by atoms with Crippen molar-refractivity contribution in [2.75, 3.05) is 6.61 Å². The minimum Gasteiger partial charge on any atom is -0.396 e. The third-order valence-electron chi connectivity index (χ3n) is 2.01. The first kappa shape index (κ1) is 7.03. The van der Waals surface area contributed by atoms with E-state index in [1.54, 1.807) is 0 Å². The van der Waals surface area contributed by atoms with Gasteiger partial charge in [0.25, 0.3) is 0 Å². The molecule has 2 heteroatoms. The minimum absolute atomic E-state index is 0.143. The van der Waals surface area contributed by atoms with E-state index in [4.69, 9.17) is 10.2 Å². The van der Waals surface area contributed by atoms with Crippen LogP contribution in [0.3, 0.4) is 0 Å². The van der Waals surface area contributed by atoms with Crippen LogP contribution in [0.1, 0.15) is 25.7 Å². The average molecular weight is 130 g/mol. The summed E-state index contributed by atoms with van der Waals surface area (Å²) in [6.45, 7) is 0.247. The van der Waals surface area contributed by atoms with E-state index in [9.17, 15) is 0 Å². The smallest absolute Gasteiger partial charge is 0.0543 e. The zero-order valence-electron chi connectivity index (χ0n) is 5.58. The molecule has 0 radical (unpaired) electrons. The van der Waals surface area contributed by atoms with E-state index in [0.29, 0.717) is 5.92 Å². The van der Waals surface area contributed by atoms with Gasteiger partial charge in [-0.2, -0.15) is 0 Å². The maximum atomic E-state index is 9.10. The second kappa shape index (κ2) is 3.18. The molecule has 0 amide bonds. The van der Waals surface area contributed by atoms with Gasteiger partial charge in [-0.05, 0) is 25.2 Å². The summed E-state index contributed by atoms with van der Waals surface area (Å²) < 4.78 is 0. The summed E-state index contributed by atoms with van der Waals surface area (Å²) in [5.41, 5.74) is 0. The van der Waals surface area contributed by atoms with Gasteiger partial charge in [-0.1, -0.05) is 6.42 Å². The van der Waals surface area contributed by atoms with Crippen molar-refractivity contribution in [3.05, 3.63) is 0 Å². The van der Waals surface area contributed by atoms with Gasteiger partial charge in [0.1, 0.15) is 0 Å². The van der Waals surface area contributed by atoms with Crippen molar-refractivity contribution in [3.8, 4) is 0 Å². The number of aliphatic hydroxyl groups excluding tert-OH is 2. The Morgan fingerprint density at radius 1 is 1.33 bits per heavy atom. The fourth-order valence-electron chi connectivity index (χ4n) is 1.43. The van der Waals surface area contributed by atoms with E-state index in [1.165, 1.54) is 0 Å².